The molecule has 0 rings (SSSR count). The molecule has 0 fully saturated rings. The van der Waals surface area contributed by atoms with E-state index in [9.17, 15) is 0 Å². The first-order chi connectivity index (χ1) is 1.91. The van der Waals surface area contributed by atoms with E-state index < -0.39 is 0 Å². The molecule has 0 spiro atoms. The van der Waals surface area contributed by atoms with Crippen LogP contribution in [0.4, 0.5) is 0 Å². The molecule has 0 aliphatic carbocycles. The highest BCUT2D eigenvalue weighted by Crippen LogP contribution is 1.76. The second-order valence-electron chi connectivity index (χ2n) is 0.218. The summed E-state index contributed by atoms with van der Waals surface area (Å²) in [6, 6.07) is 0. The van der Waals surface area contributed by atoms with Crippen molar-refractivity contribution in [2.24, 2.45) is 0 Å². The molecule has 0 aromatic carbocycles. The van der Waals surface area contributed by atoms with Crippen LogP contribution in [-0.4, -0.2) is 0 Å². The summed E-state index contributed by atoms with van der Waals surface area (Å²) in [5.74, 6) is 0. The van der Waals surface area contributed by atoms with Crippen LogP contribution in [0.5, 0.6) is 0 Å². The SMILES string of the molecule is Cl[C]=CCl. The van der Waals surface area contributed by atoms with Gasteiger partial charge in [-0.3, -0.25) is 0 Å². The van der Waals surface area contributed by atoms with Gasteiger partial charge in [0.15, 0.2) is 0 Å². The highest BCUT2D eigenvalue weighted by Gasteiger charge is 1.42. The van der Waals surface area contributed by atoms with E-state index in [1.54, 1.807) is 0 Å². The highest BCUT2D eigenvalue weighted by atomic mass is 35.5. The third-order valence-electron chi connectivity index (χ3n) is 0.0412. The van der Waals surface area contributed by atoms with Crippen molar-refractivity contribution in [2.75, 3.05) is 0 Å². The normalized spacial score (nSPS) is 9.50. The summed E-state index contributed by atoms with van der Waals surface area (Å²) < 4.78 is 0. The molecule has 4 heavy (non-hydrogen) atoms. The Hall–Kier alpha value is 0.320. The zero-order valence-corrected chi connectivity index (χ0v) is 3.35. The fourth-order valence-corrected chi connectivity index (χ4v) is 0. The molecule has 0 atom stereocenters. The van der Waals surface area contributed by atoms with Crippen LogP contribution in [0, 0.1) is 5.54 Å². The Morgan fingerprint density at radius 1 is 1.75 bits per heavy atom. The zero-order valence-electron chi connectivity index (χ0n) is 1.83. The molecule has 1 radical (unpaired) electrons. The lowest BCUT2D eigenvalue weighted by Crippen LogP contribution is -1.14. The van der Waals surface area contributed by atoms with E-state index in [0.29, 0.717) is 0 Å². The third kappa shape index (κ3) is 2.32. The van der Waals surface area contributed by atoms with Gasteiger partial charge in [0.2, 0.25) is 0 Å². The van der Waals surface area contributed by atoms with E-state index in [1.807, 2.05) is 5.54 Å². The molecule has 0 aliphatic rings. The number of rotatable bonds is 0. The second kappa shape index (κ2) is 3.32. The maximum absolute atomic E-state index is 4.82. The van der Waals surface area contributed by atoms with Crippen LogP contribution < -0.4 is 0 Å². The minimum absolute atomic E-state index is 1.11. The maximum Gasteiger partial charge on any atom is 0.0714 e. The smallest absolute Gasteiger partial charge is 0.0714 e. The summed E-state index contributed by atoms with van der Waals surface area (Å²) in [7, 11) is 0. The Kier molecular flexibility index (Phi) is 3.59. The van der Waals surface area contributed by atoms with Crippen LogP contribution in [0.2, 0.25) is 0 Å². The Balaban J connectivity index is 2.55. The largest absolute Gasteiger partial charge is 0.0913 e. The molecule has 0 bridgehead atoms. The van der Waals surface area contributed by atoms with Gasteiger partial charge < -0.3 is 0 Å². The number of hydrogen-bond acceptors (Lipinski definition) is 0. The Morgan fingerprint density at radius 2 is 2.00 bits per heavy atom. The molecule has 2 heteroatoms. The Labute approximate surface area is 35.0 Å². The molecule has 0 amide bonds. The molecule has 0 unspecified atom stereocenters. The van der Waals surface area contributed by atoms with Crippen molar-refractivity contribution in [2.45, 2.75) is 0 Å². The predicted molar refractivity (Wildman–Crippen MR) is 19.5 cm³/mol. The first-order valence-corrected chi connectivity index (χ1v) is 1.51. The zero-order chi connectivity index (χ0) is 3.41. The molecule has 0 aliphatic heterocycles. The Morgan fingerprint density at radius 3 is 2.00 bits per heavy atom. The van der Waals surface area contributed by atoms with E-state index in [2.05, 4.69) is 0 Å². The van der Waals surface area contributed by atoms with Gasteiger partial charge in [0.25, 0.3) is 0 Å². The van der Waals surface area contributed by atoms with Gasteiger partial charge in [-0.2, -0.15) is 0 Å². The maximum atomic E-state index is 4.82. The van der Waals surface area contributed by atoms with Crippen molar-refractivity contribution in [1.29, 1.82) is 0 Å². The molecule has 0 saturated carbocycles. The van der Waals surface area contributed by atoms with Gasteiger partial charge in [-0.15, -0.1) is 0 Å². The molecule has 0 nitrogen and oxygen atoms in total. The van der Waals surface area contributed by atoms with Gasteiger partial charge in [-0.1, -0.05) is 23.2 Å². The topological polar surface area (TPSA) is 0 Å². The van der Waals surface area contributed by atoms with Crippen molar-refractivity contribution < 1.29 is 0 Å². The molecule has 0 aromatic heterocycles. The number of hydrogen-bond donors (Lipinski definition) is 0. The standard InChI is InChI=1S/C2HCl2/c3-1-2-4/h1H. The quantitative estimate of drug-likeness (QED) is 0.430. The van der Waals surface area contributed by atoms with Gasteiger partial charge in [0.1, 0.15) is 0 Å². The Bertz CT molecular complexity index is 19.2. The summed E-state index contributed by atoms with van der Waals surface area (Å²) in [6.07, 6.45) is 0. The van der Waals surface area contributed by atoms with E-state index in [4.69, 9.17) is 23.2 Å². The fraction of sp³-hybridized carbons (Fsp3) is 0. The molecule has 0 N–H and O–H groups in total. The third-order valence-corrected chi connectivity index (χ3v) is 0.371. The van der Waals surface area contributed by atoms with Crippen LogP contribution in [0.1, 0.15) is 0 Å². The highest BCUT2D eigenvalue weighted by molar-refractivity contribution is 6.31. The van der Waals surface area contributed by atoms with Gasteiger partial charge in [-0.05, 0) is 0 Å². The lowest BCUT2D eigenvalue weighted by Gasteiger charge is -1.41. The van der Waals surface area contributed by atoms with Crippen molar-refractivity contribution >= 4 is 23.2 Å². The van der Waals surface area contributed by atoms with E-state index >= 15 is 0 Å². The van der Waals surface area contributed by atoms with Crippen molar-refractivity contribution in [1.82, 2.24) is 0 Å². The van der Waals surface area contributed by atoms with Gasteiger partial charge >= 0.3 is 0 Å². The molecular weight excluding hydrogens is 94.9 g/mol. The summed E-state index contributed by atoms with van der Waals surface area (Å²) in [4.78, 5) is 0. The van der Waals surface area contributed by atoms with Crippen LogP contribution in [0.3, 0.4) is 0 Å². The first kappa shape index (κ1) is 4.32. The average Bonchev–Trinajstić information content (AvgIpc) is 1.37. The lowest BCUT2D eigenvalue weighted by atomic mass is 11.3. The minimum Gasteiger partial charge on any atom is -0.0913 e. The average molecular weight is 95.9 g/mol. The van der Waals surface area contributed by atoms with E-state index in [-0.39, 0.29) is 0 Å². The fourth-order valence-electron chi connectivity index (χ4n) is 0. The molecule has 0 saturated heterocycles. The van der Waals surface area contributed by atoms with Gasteiger partial charge in [0.05, 0.1) is 5.54 Å². The molecule has 0 heterocycles. The summed E-state index contributed by atoms with van der Waals surface area (Å²) in [6.45, 7) is 0. The monoisotopic (exact) mass is 94.9 g/mol. The first-order valence-electron chi connectivity index (χ1n) is 0.696. The van der Waals surface area contributed by atoms with Crippen LogP contribution in [0.15, 0.2) is 5.54 Å². The van der Waals surface area contributed by atoms with Crippen molar-refractivity contribution in [3.63, 3.8) is 0 Å². The summed E-state index contributed by atoms with van der Waals surface area (Å²) in [5.41, 5.74) is 3.16. The van der Waals surface area contributed by atoms with Crippen LogP contribution in [-0.2, 0) is 0 Å². The van der Waals surface area contributed by atoms with Crippen molar-refractivity contribution in [3.8, 4) is 0 Å². The predicted octanol–water partition coefficient (Wildman–Crippen LogP) is 1.74. The molecular formula is C2HCl2. The van der Waals surface area contributed by atoms with E-state index in [0.717, 1.165) is 5.54 Å². The molecule has 23 valence electrons. The lowest BCUT2D eigenvalue weighted by molar-refractivity contribution is 2.37. The molecule has 0 aromatic rings. The van der Waals surface area contributed by atoms with Gasteiger partial charge in [-0.25, -0.2) is 0 Å². The second-order valence-corrected chi connectivity index (χ2v) is 0.655. The van der Waals surface area contributed by atoms with Crippen LogP contribution in [0.25, 0.3) is 0 Å². The number of halogens is 2. The van der Waals surface area contributed by atoms with Gasteiger partial charge in [0, 0.05) is 5.54 Å². The van der Waals surface area contributed by atoms with Crippen molar-refractivity contribution in [3.05, 3.63) is 11.1 Å². The summed E-state index contributed by atoms with van der Waals surface area (Å²) in [5, 5.41) is 0. The van der Waals surface area contributed by atoms with Crippen LogP contribution >= 0.6 is 23.2 Å². The summed E-state index contributed by atoms with van der Waals surface area (Å²) >= 11 is 9.57. The minimum atomic E-state index is 1.11. The van der Waals surface area contributed by atoms with E-state index in [1.165, 1.54) is 0 Å².